The molecule has 0 bridgehead atoms. The van der Waals surface area contributed by atoms with Crippen molar-refractivity contribution >= 4 is 15.9 Å². The summed E-state index contributed by atoms with van der Waals surface area (Å²) in [6.07, 6.45) is -0.162. The molecule has 1 N–H and O–H groups in total. The number of aliphatic hydroxyl groups excluding tert-OH is 1. The SMILES string of the molecule is CCC(O)c1noc(-c2cc(OC)ccc2Br)n1. The first kappa shape index (κ1) is 13.0. The Balaban J connectivity index is 2.39. The number of nitrogens with zero attached hydrogens (tertiary/aromatic N) is 2. The summed E-state index contributed by atoms with van der Waals surface area (Å²) in [5.41, 5.74) is 0.733. The predicted octanol–water partition coefficient (Wildman–Crippen LogP) is 2.95. The van der Waals surface area contributed by atoms with Crippen LogP contribution < -0.4 is 4.74 Å². The van der Waals surface area contributed by atoms with Crippen molar-refractivity contribution in [2.45, 2.75) is 19.4 Å². The van der Waals surface area contributed by atoms with Gasteiger partial charge in [0.05, 0.1) is 12.7 Å². The van der Waals surface area contributed by atoms with Crippen molar-refractivity contribution in [1.29, 1.82) is 0 Å². The van der Waals surface area contributed by atoms with Gasteiger partial charge in [-0.25, -0.2) is 0 Å². The average molecular weight is 313 g/mol. The molecule has 6 heteroatoms. The minimum Gasteiger partial charge on any atom is -0.497 e. The Morgan fingerprint density at radius 2 is 2.28 bits per heavy atom. The molecule has 1 aromatic heterocycles. The number of aromatic nitrogens is 2. The topological polar surface area (TPSA) is 68.4 Å². The molecule has 0 aliphatic heterocycles. The summed E-state index contributed by atoms with van der Waals surface area (Å²) in [6.45, 7) is 1.85. The van der Waals surface area contributed by atoms with Crippen LogP contribution >= 0.6 is 15.9 Å². The number of rotatable bonds is 4. The van der Waals surface area contributed by atoms with Crippen molar-refractivity contribution in [2.24, 2.45) is 0 Å². The van der Waals surface area contributed by atoms with Crippen LogP contribution in [-0.2, 0) is 0 Å². The summed E-state index contributed by atoms with van der Waals surface area (Å²) >= 11 is 3.41. The van der Waals surface area contributed by atoms with Crippen LogP contribution in [0.5, 0.6) is 5.75 Å². The first-order chi connectivity index (χ1) is 8.65. The first-order valence-corrected chi connectivity index (χ1v) is 6.30. The smallest absolute Gasteiger partial charge is 0.259 e. The van der Waals surface area contributed by atoms with Gasteiger partial charge in [0.2, 0.25) is 5.82 Å². The third kappa shape index (κ3) is 2.54. The average Bonchev–Trinajstić information content (AvgIpc) is 2.88. The van der Waals surface area contributed by atoms with Gasteiger partial charge in [-0.05, 0) is 40.5 Å². The Morgan fingerprint density at radius 3 is 2.94 bits per heavy atom. The van der Waals surface area contributed by atoms with Crippen molar-refractivity contribution < 1.29 is 14.4 Å². The van der Waals surface area contributed by atoms with Gasteiger partial charge in [0.25, 0.3) is 5.89 Å². The predicted molar refractivity (Wildman–Crippen MR) is 69.2 cm³/mol. The van der Waals surface area contributed by atoms with Crippen molar-refractivity contribution in [3.05, 3.63) is 28.5 Å². The van der Waals surface area contributed by atoms with Crippen molar-refractivity contribution in [3.8, 4) is 17.2 Å². The number of halogens is 1. The van der Waals surface area contributed by atoms with E-state index in [1.165, 1.54) is 0 Å². The van der Waals surface area contributed by atoms with Gasteiger partial charge in [-0.1, -0.05) is 12.1 Å². The zero-order valence-corrected chi connectivity index (χ0v) is 11.6. The maximum Gasteiger partial charge on any atom is 0.259 e. The highest BCUT2D eigenvalue weighted by Crippen LogP contribution is 2.31. The van der Waals surface area contributed by atoms with E-state index in [0.717, 1.165) is 10.0 Å². The van der Waals surface area contributed by atoms with E-state index in [9.17, 15) is 5.11 Å². The zero-order valence-electron chi connectivity index (χ0n) is 10.1. The highest BCUT2D eigenvalue weighted by atomic mass is 79.9. The fourth-order valence-electron chi connectivity index (χ4n) is 1.46. The van der Waals surface area contributed by atoms with Crippen molar-refractivity contribution in [2.75, 3.05) is 7.11 Å². The molecule has 0 aliphatic rings. The lowest BCUT2D eigenvalue weighted by Crippen LogP contribution is -1.97. The quantitative estimate of drug-likeness (QED) is 0.940. The van der Waals surface area contributed by atoms with E-state index in [1.54, 1.807) is 13.2 Å². The third-order valence-corrected chi connectivity index (χ3v) is 3.22. The van der Waals surface area contributed by atoms with Gasteiger partial charge >= 0.3 is 0 Å². The molecule has 18 heavy (non-hydrogen) atoms. The molecule has 1 aromatic carbocycles. The summed E-state index contributed by atoms with van der Waals surface area (Å²) in [4.78, 5) is 4.17. The van der Waals surface area contributed by atoms with E-state index in [2.05, 4.69) is 26.1 Å². The van der Waals surface area contributed by atoms with E-state index in [4.69, 9.17) is 9.26 Å². The summed E-state index contributed by atoms with van der Waals surface area (Å²) in [5.74, 6) is 1.34. The molecule has 2 rings (SSSR count). The second-order valence-corrected chi connectivity index (χ2v) is 4.58. The molecular formula is C12H13BrN2O3. The Kier molecular flexibility index (Phi) is 3.98. The zero-order chi connectivity index (χ0) is 13.1. The summed E-state index contributed by atoms with van der Waals surface area (Å²) in [6, 6.07) is 5.46. The van der Waals surface area contributed by atoms with E-state index < -0.39 is 6.10 Å². The van der Waals surface area contributed by atoms with Gasteiger partial charge in [0, 0.05) is 4.47 Å². The molecule has 0 radical (unpaired) electrons. The van der Waals surface area contributed by atoms with Crippen LogP contribution in [0, 0.1) is 0 Å². The second-order valence-electron chi connectivity index (χ2n) is 3.73. The summed E-state index contributed by atoms with van der Waals surface area (Å²) < 4.78 is 11.1. The summed E-state index contributed by atoms with van der Waals surface area (Å²) in [5, 5.41) is 13.4. The largest absolute Gasteiger partial charge is 0.497 e. The lowest BCUT2D eigenvalue weighted by Gasteiger charge is -2.03. The molecule has 0 amide bonds. The Bertz CT molecular complexity index is 542. The molecule has 0 saturated carbocycles. The van der Waals surface area contributed by atoms with Crippen LogP contribution in [-0.4, -0.2) is 22.4 Å². The summed E-state index contributed by atoms with van der Waals surface area (Å²) in [7, 11) is 1.59. The van der Waals surface area contributed by atoms with Crippen LogP contribution in [0.4, 0.5) is 0 Å². The minimum atomic E-state index is -0.702. The van der Waals surface area contributed by atoms with E-state index >= 15 is 0 Å². The van der Waals surface area contributed by atoms with E-state index in [-0.39, 0.29) is 0 Å². The molecule has 0 fully saturated rings. The van der Waals surface area contributed by atoms with Gasteiger partial charge in [-0.2, -0.15) is 4.98 Å². The van der Waals surface area contributed by atoms with Crippen LogP contribution in [0.1, 0.15) is 25.3 Å². The molecule has 1 heterocycles. The maximum atomic E-state index is 9.64. The molecule has 0 aliphatic carbocycles. The molecule has 5 nitrogen and oxygen atoms in total. The third-order valence-electron chi connectivity index (χ3n) is 2.53. The molecule has 0 spiro atoms. The number of hydrogen-bond acceptors (Lipinski definition) is 5. The van der Waals surface area contributed by atoms with Gasteiger partial charge in [-0.15, -0.1) is 0 Å². The van der Waals surface area contributed by atoms with Crippen molar-refractivity contribution in [1.82, 2.24) is 10.1 Å². The monoisotopic (exact) mass is 312 g/mol. The molecule has 96 valence electrons. The fourth-order valence-corrected chi connectivity index (χ4v) is 1.87. The lowest BCUT2D eigenvalue weighted by molar-refractivity contribution is 0.159. The van der Waals surface area contributed by atoms with Gasteiger partial charge in [0.1, 0.15) is 11.9 Å². The van der Waals surface area contributed by atoms with E-state index in [1.807, 2.05) is 19.1 Å². The highest BCUT2D eigenvalue weighted by Gasteiger charge is 2.17. The van der Waals surface area contributed by atoms with Crippen LogP contribution in [0.25, 0.3) is 11.5 Å². The number of benzene rings is 1. The van der Waals surface area contributed by atoms with Gasteiger partial charge in [-0.3, -0.25) is 0 Å². The number of hydrogen-bond donors (Lipinski definition) is 1. The van der Waals surface area contributed by atoms with Gasteiger partial charge in [0.15, 0.2) is 0 Å². The van der Waals surface area contributed by atoms with Crippen molar-refractivity contribution in [3.63, 3.8) is 0 Å². The Hall–Kier alpha value is -1.40. The minimum absolute atomic E-state index is 0.294. The standard InChI is InChI=1S/C12H13BrN2O3/c1-3-10(16)11-14-12(18-15-11)8-6-7(17-2)4-5-9(8)13/h4-6,10,16H,3H2,1-2H3. The number of aliphatic hydroxyl groups is 1. The Morgan fingerprint density at radius 1 is 1.50 bits per heavy atom. The Labute approximate surface area is 113 Å². The van der Waals surface area contributed by atoms with Crippen LogP contribution in [0.15, 0.2) is 27.2 Å². The number of methoxy groups -OCH3 is 1. The lowest BCUT2D eigenvalue weighted by atomic mass is 10.2. The molecule has 2 aromatic rings. The fraction of sp³-hybridized carbons (Fsp3) is 0.333. The maximum absolute atomic E-state index is 9.64. The molecule has 1 atom stereocenters. The highest BCUT2D eigenvalue weighted by molar-refractivity contribution is 9.10. The second kappa shape index (κ2) is 5.49. The molecular weight excluding hydrogens is 300 g/mol. The van der Waals surface area contributed by atoms with Crippen LogP contribution in [0.3, 0.4) is 0 Å². The van der Waals surface area contributed by atoms with Gasteiger partial charge < -0.3 is 14.4 Å². The van der Waals surface area contributed by atoms with E-state index in [0.29, 0.717) is 23.9 Å². The first-order valence-electron chi connectivity index (χ1n) is 5.51. The normalized spacial score (nSPS) is 12.4. The molecule has 0 saturated heterocycles. The number of ether oxygens (including phenoxy) is 1. The molecule has 1 unspecified atom stereocenters. The van der Waals surface area contributed by atoms with Crippen LogP contribution in [0.2, 0.25) is 0 Å².